The number of likely N-dealkylation sites (tertiary alicyclic amines) is 1. The molecule has 0 aliphatic carbocycles. The minimum Gasteiger partial charge on any atom is -0.469 e. The molecule has 1 aliphatic heterocycles. The van der Waals surface area contributed by atoms with Crippen LogP contribution in [-0.2, 0) is 9.53 Å². The second-order valence-electron chi connectivity index (χ2n) is 5.01. The standard InChI is InChI=1S/C11H22N2O2.ClH/c1-11(2)8-13(7-9(11)12)6-4-5-10(14)15-3;/h9H,4-8,12H2,1-3H3;1H/t9-;/m0./s1. The van der Waals surface area contributed by atoms with Crippen LogP contribution in [0.2, 0.25) is 0 Å². The van der Waals surface area contributed by atoms with Crippen molar-refractivity contribution in [3.8, 4) is 0 Å². The minimum absolute atomic E-state index is 0. The molecule has 16 heavy (non-hydrogen) atoms. The fourth-order valence-electron chi connectivity index (χ4n) is 2.00. The Morgan fingerprint density at radius 2 is 2.19 bits per heavy atom. The quantitative estimate of drug-likeness (QED) is 0.758. The maximum absolute atomic E-state index is 10.9. The van der Waals surface area contributed by atoms with E-state index in [2.05, 4.69) is 23.5 Å². The number of methoxy groups -OCH3 is 1. The summed E-state index contributed by atoms with van der Waals surface area (Å²) in [4.78, 5) is 13.2. The van der Waals surface area contributed by atoms with Gasteiger partial charge in [-0.25, -0.2) is 0 Å². The summed E-state index contributed by atoms with van der Waals surface area (Å²) in [7, 11) is 1.43. The van der Waals surface area contributed by atoms with Crippen LogP contribution in [0, 0.1) is 5.41 Å². The average molecular weight is 251 g/mol. The van der Waals surface area contributed by atoms with Crippen LogP contribution < -0.4 is 5.73 Å². The predicted octanol–water partition coefficient (Wildman–Crippen LogP) is 1.03. The van der Waals surface area contributed by atoms with Gasteiger partial charge in [0.25, 0.3) is 0 Å². The Morgan fingerprint density at radius 3 is 2.62 bits per heavy atom. The van der Waals surface area contributed by atoms with Crippen molar-refractivity contribution >= 4 is 18.4 Å². The van der Waals surface area contributed by atoms with Crippen LogP contribution >= 0.6 is 12.4 Å². The first-order valence-electron chi connectivity index (χ1n) is 5.50. The van der Waals surface area contributed by atoms with Gasteiger partial charge in [-0.3, -0.25) is 4.79 Å². The van der Waals surface area contributed by atoms with Crippen LogP contribution in [0.4, 0.5) is 0 Å². The molecule has 0 bridgehead atoms. The second-order valence-corrected chi connectivity index (χ2v) is 5.01. The van der Waals surface area contributed by atoms with Crippen LogP contribution in [0.15, 0.2) is 0 Å². The van der Waals surface area contributed by atoms with Crippen LogP contribution in [0.25, 0.3) is 0 Å². The fourth-order valence-corrected chi connectivity index (χ4v) is 2.00. The van der Waals surface area contributed by atoms with Crippen molar-refractivity contribution in [2.24, 2.45) is 11.1 Å². The highest BCUT2D eigenvalue weighted by molar-refractivity contribution is 5.85. The Kier molecular flexibility index (Phi) is 6.30. The molecular formula is C11H23ClN2O2. The number of hydrogen-bond donors (Lipinski definition) is 1. The van der Waals surface area contributed by atoms with E-state index < -0.39 is 0 Å². The fraction of sp³-hybridized carbons (Fsp3) is 0.909. The van der Waals surface area contributed by atoms with E-state index in [0.29, 0.717) is 6.42 Å². The summed E-state index contributed by atoms with van der Waals surface area (Å²) in [5.74, 6) is -0.127. The van der Waals surface area contributed by atoms with Gasteiger partial charge in [0.2, 0.25) is 0 Å². The zero-order valence-corrected chi connectivity index (χ0v) is 11.2. The number of hydrogen-bond acceptors (Lipinski definition) is 4. The summed E-state index contributed by atoms with van der Waals surface area (Å²) in [6.45, 7) is 7.28. The lowest BCUT2D eigenvalue weighted by molar-refractivity contribution is -0.140. The van der Waals surface area contributed by atoms with Gasteiger partial charge in [0.05, 0.1) is 7.11 Å². The highest BCUT2D eigenvalue weighted by atomic mass is 35.5. The van der Waals surface area contributed by atoms with Crippen molar-refractivity contribution in [3.63, 3.8) is 0 Å². The van der Waals surface area contributed by atoms with Gasteiger partial charge in [0.15, 0.2) is 0 Å². The number of halogens is 1. The summed E-state index contributed by atoms with van der Waals surface area (Å²) < 4.78 is 4.59. The molecule has 96 valence electrons. The SMILES string of the molecule is COC(=O)CCCN1C[C@H](N)C(C)(C)C1.Cl. The van der Waals surface area contributed by atoms with Gasteiger partial charge < -0.3 is 15.4 Å². The summed E-state index contributed by atoms with van der Waals surface area (Å²) in [6.07, 6.45) is 1.36. The molecule has 1 saturated heterocycles. The van der Waals surface area contributed by atoms with Crippen LogP contribution in [0.3, 0.4) is 0 Å². The van der Waals surface area contributed by atoms with Gasteiger partial charge in [0.1, 0.15) is 0 Å². The molecule has 0 aromatic rings. The third-order valence-corrected chi connectivity index (χ3v) is 3.17. The maximum Gasteiger partial charge on any atom is 0.305 e. The van der Waals surface area contributed by atoms with Crippen molar-refractivity contribution in [1.82, 2.24) is 4.90 Å². The molecule has 0 saturated carbocycles. The second kappa shape index (κ2) is 6.42. The van der Waals surface area contributed by atoms with E-state index in [1.807, 2.05) is 0 Å². The molecule has 0 amide bonds. The number of nitrogens with zero attached hydrogens (tertiary/aromatic N) is 1. The number of rotatable bonds is 4. The Morgan fingerprint density at radius 1 is 1.56 bits per heavy atom. The van der Waals surface area contributed by atoms with E-state index in [1.165, 1.54) is 7.11 Å². The van der Waals surface area contributed by atoms with Gasteiger partial charge >= 0.3 is 5.97 Å². The van der Waals surface area contributed by atoms with Crippen molar-refractivity contribution in [1.29, 1.82) is 0 Å². The number of carbonyl (C=O) groups is 1. The number of carbonyl (C=O) groups excluding carboxylic acids is 1. The highest BCUT2D eigenvalue weighted by Crippen LogP contribution is 2.27. The lowest BCUT2D eigenvalue weighted by atomic mass is 9.89. The Labute approximate surface area is 104 Å². The maximum atomic E-state index is 10.9. The molecule has 1 heterocycles. The molecule has 1 atom stereocenters. The molecular weight excluding hydrogens is 228 g/mol. The Hall–Kier alpha value is -0.320. The zero-order chi connectivity index (χ0) is 11.5. The van der Waals surface area contributed by atoms with Crippen molar-refractivity contribution in [2.45, 2.75) is 32.7 Å². The first-order chi connectivity index (χ1) is 6.95. The monoisotopic (exact) mass is 250 g/mol. The van der Waals surface area contributed by atoms with Gasteiger partial charge in [0, 0.05) is 25.6 Å². The third-order valence-electron chi connectivity index (χ3n) is 3.17. The normalized spacial score (nSPS) is 23.9. The summed E-state index contributed by atoms with van der Waals surface area (Å²) in [5, 5.41) is 0. The topological polar surface area (TPSA) is 55.6 Å². The predicted molar refractivity (Wildman–Crippen MR) is 66.7 cm³/mol. The molecule has 1 rings (SSSR count). The third kappa shape index (κ3) is 4.28. The zero-order valence-electron chi connectivity index (χ0n) is 10.4. The largest absolute Gasteiger partial charge is 0.469 e. The molecule has 0 aromatic carbocycles. The number of esters is 1. The molecule has 1 aliphatic rings. The molecule has 4 nitrogen and oxygen atoms in total. The average Bonchev–Trinajstić information content (AvgIpc) is 2.40. The smallest absolute Gasteiger partial charge is 0.305 e. The van der Waals surface area contributed by atoms with Crippen LogP contribution in [-0.4, -0.2) is 43.7 Å². The van der Waals surface area contributed by atoms with E-state index in [4.69, 9.17) is 5.73 Å². The lowest BCUT2D eigenvalue weighted by Gasteiger charge is -2.21. The first kappa shape index (κ1) is 15.7. The molecule has 0 spiro atoms. The van der Waals surface area contributed by atoms with E-state index in [1.54, 1.807) is 0 Å². The van der Waals surface area contributed by atoms with Crippen molar-refractivity contribution in [3.05, 3.63) is 0 Å². The first-order valence-corrected chi connectivity index (χ1v) is 5.50. The van der Waals surface area contributed by atoms with E-state index >= 15 is 0 Å². The molecule has 0 radical (unpaired) electrons. The highest BCUT2D eigenvalue weighted by Gasteiger charge is 2.36. The summed E-state index contributed by atoms with van der Waals surface area (Å²) in [6, 6.07) is 0.246. The number of nitrogens with two attached hydrogens (primary N) is 1. The van der Waals surface area contributed by atoms with Gasteiger partial charge in [-0.15, -0.1) is 12.4 Å². The molecule has 0 aromatic heterocycles. The van der Waals surface area contributed by atoms with Crippen LogP contribution in [0.1, 0.15) is 26.7 Å². The van der Waals surface area contributed by atoms with Crippen molar-refractivity contribution < 1.29 is 9.53 Å². The lowest BCUT2D eigenvalue weighted by Crippen LogP contribution is -2.35. The summed E-state index contributed by atoms with van der Waals surface area (Å²) in [5.41, 5.74) is 6.23. The van der Waals surface area contributed by atoms with Crippen molar-refractivity contribution in [2.75, 3.05) is 26.7 Å². The Balaban J connectivity index is 0.00000225. The van der Waals surface area contributed by atoms with Gasteiger partial charge in [-0.2, -0.15) is 0 Å². The van der Waals surface area contributed by atoms with Gasteiger partial charge in [-0.1, -0.05) is 13.8 Å². The van der Waals surface area contributed by atoms with E-state index in [0.717, 1.165) is 26.1 Å². The van der Waals surface area contributed by atoms with E-state index in [-0.39, 0.29) is 29.8 Å². The summed E-state index contributed by atoms with van der Waals surface area (Å²) >= 11 is 0. The molecule has 2 N–H and O–H groups in total. The molecule has 5 heteroatoms. The molecule has 0 unspecified atom stereocenters. The Bertz CT molecular complexity index is 234. The minimum atomic E-state index is -0.127. The van der Waals surface area contributed by atoms with Crippen LogP contribution in [0.5, 0.6) is 0 Å². The molecule has 1 fully saturated rings. The van der Waals surface area contributed by atoms with Gasteiger partial charge in [-0.05, 0) is 18.4 Å². The number of ether oxygens (including phenoxy) is 1. The van der Waals surface area contributed by atoms with E-state index in [9.17, 15) is 4.79 Å².